The van der Waals surface area contributed by atoms with Crippen LogP contribution in [0.15, 0.2) is 34.4 Å². The Balaban J connectivity index is 2.20. The average Bonchev–Trinajstić information content (AvgIpc) is 2.98. The molecule has 6 heteroatoms. The molecule has 2 aromatic heterocycles. The molecule has 124 valence electrons. The van der Waals surface area contributed by atoms with E-state index >= 15 is 0 Å². The van der Waals surface area contributed by atoms with Crippen LogP contribution in [0, 0.1) is 6.92 Å². The van der Waals surface area contributed by atoms with E-state index in [4.69, 9.17) is 5.73 Å². The zero-order valence-corrected chi connectivity index (χ0v) is 14.5. The highest BCUT2D eigenvalue weighted by Gasteiger charge is 2.16. The van der Waals surface area contributed by atoms with Gasteiger partial charge in [-0.1, -0.05) is 36.8 Å². The van der Waals surface area contributed by atoms with Crippen LogP contribution in [0.3, 0.4) is 0 Å². The Morgan fingerprint density at radius 1 is 1.29 bits per heavy atom. The van der Waals surface area contributed by atoms with Gasteiger partial charge in [-0.05, 0) is 12.5 Å². The third-order valence-electron chi connectivity index (χ3n) is 4.03. The number of nitrogens with zero attached hydrogens (tertiary/aromatic N) is 2. The van der Waals surface area contributed by atoms with Crippen LogP contribution in [-0.4, -0.2) is 15.5 Å². The van der Waals surface area contributed by atoms with Gasteiger partial charge in [0.25, 0.3) is 5.56 Å². The number of hydrogen-bond acceptors (Lipinski definition) is 4. The van der Waals surface area contributed by atoms with E-state index < -0.39 is 5.91 Å². The van der Waals surface area contributed by atoms with Crippen molar-refractivity contribution in [2.75, 3.05) is 0 Å². The molecule has 24 heavy (non-hydrogen) atoms. The van der Waals surface area contributed by atoms with Crippen molar-refractivity contribution in [3.8, 4) is 11.1 Å². The fourth-order valence-electron chi connectivity index (χ4n) is 2.73. The van der Waals surface area contributed by atoms with Gasteiger partial charge in [-0.15, -0.1) is 11.3 Å². The molecule has 0 saturated heterocycles. The minimum atomic E-state index is -0.423. The summed E-state index contributed by atoms with van der Waals surface area (Å²) in [5.74, 6) is 0.263. The lowest BCUT2D eigenvalue weighted by molar-refractivity contribution is -0.118. The monoisotopic (exact) mass is 341 g/mol. The summed E-state index contributed by atoms with van der Waals surface area (Å²) in [7, 11) is 0. The number of rotatable bonds is 5. The van der Waals surface area contributed by atoms with Crippen LogP contribution in [0.5, 0.6) is 0 Å². The number of carbonyl (C=O) groups excluding carboxylic acids is 1. The van der Waals surface area contributed by atoms with Crippen LogP contribution in [-0.2, 0) is 17.8 Å². The van der Waals surface area contributed by atoms with Crippen molar-refractivity contribution in [2.45, 2.75) is 33.2 Å². The number of aromatic nitrogens is 2. The molecule has 0 unspecified atom stereocenters. The van der Waals surface area contributed by atoms with Crippen LogP contribution in [0.25, 0.3) is 21.3 Å². The Kier molecular flexibility index (Phi) is 4.49. The Hall–Kier alpha value is -2.47. The predicted molar refractivity (Wildman–Crippen MR) is 97.2 cm³/mol. The fraction of sp³-hybridized carbons (Fsp3) is 0.278. The number of aryl methyl sites for hydroxylation is 2. The van der Waals surface area contributed by atoms with Crippen LogP contribution in [0.2, 0.25) is 0 Å². The van der Waals surface area contributed by atoms with Crippen LogP contribution < -0.4 is 11.3 Å². The molecule has 0 fully saturated rings. The molecule has 0 aliphatic rings. The maximum atomic E-state index is 13.0. The summed E-state index contributed by atoms with van der Waals surface area (Å²) in [6.07, 6.45) is 0.756. The third-order valence-corrected chi connectivity index (χ3v) is 4.91. The first-order chi connectivity index (χ1) is 11.5. The van der Waals surface area contributed by atoms with Gasteiger partial charge in [0, 0.05) is 30.3 Å². The predicted octanol–water partition coefficient (Wildman–Crippen LogP) is 2.87. The van der Waals surface area contributed by atoms with Crippen molar-refractivity contribution in [3.05, 3.63) is 51.4 Å². The minimum absolute atomic E-state index is 0.102. The fourth-order valence-corrected chi connectivity index (χ4v) is 3.69. The third kappa shape index (κ3) is 2.97. The Morgan fingerprint density at radius 3 is 2.62 bits per heavy atom. The summed E-state index contributed by atoms with van der Waals surface area (Å²) < 4.78 is 1.58. The van der Waals surface area contributed by atoms with Crippen molar-refractivity contribution in [3.63, 3.8) is 0 Å². The smallest absolute Gasteiger partial charge is 0.262 e. The molecule has 2 N–H and O–H groups in total. The maximum Gasteiger partial charge on any atom is 0.262 e. The summed E-state index contributed by atoms with van der Waals surface area (Å²) in [5.41, 5.74) is 8.19. The van der Waals surface area contributed by atoms with E-state index in [2.05, 4.69) is 4.98 Å². The van der Waals surface area contributed by atoms with Gasteiger partial charge in [0.05, 0.1) is 5.39 Å². The molecule has 2 heterocycles. The maximum absolute atomic E-state index is 13.0. The molecule has 3 aromatic rings. The van der Waals surface area contributed by atoms with Gasteiger partial charge < -0.3 is 5.73 Å². The van der Waals surface area contributed by atoms with Crippen molar-refractivity contribution < 1.29 is 4.79 Å². The molecular weight excluding hydrogens is 322 g/mol. The number of carbonyl (C=O) groups is 1. The van der Waals surface area contributed by atoms with E-state index in [-0.39, 0.29) is 18.5 Å². The first kappa shape index (κ1) is 16.4. The van der Waals surface area contributed by atoms with Gasteiger partial charge in [-0.2, -0.15) is 0 Å². The van der Waals surface area contributed by atoms with Crippen molar-refractivity contribution in [2.24, 2.45) is 5.73 Å². The lowest BCUT2D eigenvalue weighted by Gasteiger charge is -2.10. The molecule has 0 spiro atoms. The standard InChI is InChI=1S/C18H19N3O2S/c1-3-15-20-17-16(18(23)21(15)9-8-14(19)22)13(10-24-17)12-6-4-11(2)5-7-12/h4-7,10H,3,8-9H2,1-2H3,(H2,19,22). The largest absolute Gasteiger partial charge is 0.370 e. The van der Waals surface area contributed by atoms with E-state index in [9.17, 15) is 9.59 Å². The van der Waals surface area contributed by atoms with Crippen LogP contribution in [0.4, 0.5) is 0 Å². The van der Waals surface area contributed by atoms with Crippen LogP contribution in [0.1, 0.15) is 24.7 Å². The molecule has 5 nitrogen and oxygen atoms in total. The molecule has 0 radical (unpaired) electrons. The van der Waals surface area contributed by atoms with Crippen molar-refractivity contribution in [1.82, 2.24) is 9.55 Å². The van der Waals surface area contributed by atoms with Gasteiger partial charge >= 0.3 is 0 Å². The lowest BCUT2D eigenvalue weighted by Crippen LogP contribution is -2.27. The molecule has 0 atom stereocenters. The zero-order valence-electron chi connectivity index (χ0n) is 13.7. The zero-order chi connectivity index (χ0) is 17.3. The number of nitrogens with two attached hydrogens (primary N) is 1. The molecule has 0 saturated carbocycles. The summed E-state index contributed by atoms with van der Waals surface area (Å²) in [6, 6.07) is 8.08. The van der Waals surface area contributed by atoms with Gasteiger partial charge in [0.2, 0.25) is 5.91 Å². The first-order valence-electron chi connectivity index (χ1n) is 7.87. The number of amides is 1. The van der Waals surface area contributed by atoms with E-state index in [1.807, 2.05) is 43.5 Å². The van der Waals surface area contributed by atoms with E-state index in [0.717, 1.165) is 16.0 Å². The lowest BCUT2D eigenvalue weighted by atomic mass is 10.0. The summed E-state index contributed by atoms with van der Waals surface area (Å²) >= 11 is 1.47. The highest BCUT2D eigenvalue weighted by atomic mass is 32.1. The van der Waals surface area contributed by atoms with E-state index in [1.165, 1.54) is 16.9 Å². The quantitative estimate of drug-likeness (QED) is 0.775. The van der Waals surface area contributed by atoms with Gasteiger partial charge in [0.1, 0.15) is 10.7 Å². The summed E-state index contributed by atoms with van der Waals surface area (Å²) in [4.78, 5) is 29.5. The second kappa shape index (κ2) is 6.57. The SMILES string of the molecule is CCc1nc2scc(-c3ccc(C)cc3)c2c(=O)n1CCC(N)=O. The number of benzene rings is 1. The number of primary amides is 1. The number of hydrogen-bond donors (Lipinski definition) is 1. The van der Waals surface area contributed by atoms with Gasteiger partial charge in [-0.3, -0.25) is 14.2 Å². The molecule has 0 aliphatic heterocycles. The molecule has 3 rings (SSSR count). The highest BCUT2D eigenvalue weighted by Crippen LogP contribution is 2.31. The van der Waals surface area contributed by atoms with E-state index in [0.29, 0.717) is 17.6 Å². The topological polar surface area (TPSA) is 78.0 Å². The van der Waals surface area contributed by atoms with E-state index in [1.54, 1.807) is 4.57 Å². The van der Waals surface area contributed by atoms with Crippen molar-refractivity contribution >= 4 is 27.5 Å². The normalized spacial score (nSPS) is 11.1. The molecule has 0 aliphatic carbocycles. The Bertz CT molecular complexity index is 955. The summed E-state index contributed by atoms with van der Waals surface area (Å²) in [5, 5.41) is 2.59. The second-order valence-corrected chi connectivity index (χ2v) is 6.61. The minimum Gasteiger partial charge on any atom is -0.370 e. The van der Waals surface area contributed by atoms with Crippen LogP contribution >= 0.6 is 11.3 Å². The Labute approximate surface area is 143 Å². The van der Waals surface area contributed by atoms with Gasteiger partial charge in [-0.25, -0.2) is 4.98 Å². The summed E-state index contributed by atoms with van der Waals surface area (Å²) in [6.45, 7) is 4.24. The second-order valence-electron chi connectivity index (χ2n) is 5.75. The number of fused-ring (bicyclic) bond motifs is 1. The van der Waals surface area contributed by atoms with Crippen molar-refractivity contribution in [1.29, 1.82) is 0 Å². The molecular formula is C18H19N3O2S. The highest BCUT2D eigenvalue weighted by molar-refractivity contribution is 7.17. The first-order valence-corrected chi connectivity index (χ1v) is 8.75. The number of thiophene rings is 1. The Morgan fingerprint density at radius 2 is 2.00 bits per heavy atom. The average molecular weight is 341 g/mol. The molecule has 1 amide bonds. The molecule has 0 bridgehead atoms. The van der Waals surface area contributed by atoms with Gasteiger partial charge in [0.15, 0.2) is 0 Å². The molecule has 1 aromatic carbocycles.